The van der Waals surface area contributed by atoms with Crippen LogP contribution in [0.2, 0.25) is 0 Å². The molecule has 0 aromatic rings. The van der Waals surface area contributed by atoms with Crippen LogP contribution >= 0.6 is 0 Å². The molecule has 0 spiro atoms. The van der Waals surface area contributed by atoms with E-state index >= 15 is 0 Å². The zero-order valence-electron chi connectivity index (χ0n) is 40.0. The smallest absolute Gasteiger partial charge is 0.362 e. The molecule has 0 saturated heterocycles. The van der Waals surface area contributed by atoms with Crippen molar-refractivity contribution in [3.8, 4) is 0 Å². The van der Waals surface area contributed by atoms with Crippen LogP contribution in [0.1, 0.15) is 174 Å². The fourth-order valence-corrected chi connectivity index (χ4v) is 6.52. The van der Waals surface area contributed by atoms with Gasteiger partial charge in [0.15, 0.2) is 12.1 Å². The molecular formula is C54H90NO7+. The Balaban J connectivity index is 4.42. The Morgan fingerprint density at radius 1 is 0.516 bits per heavy atom. The third-order valence-corrected chi connectivity index (χ3v) is 10.3. The number of quaternary nitrogens is 1. The predicted octanol–water partition coefficient (Wildman–Crippen LogP) is 13.9. The molecule has 0 rings (SSSR count). The highest BCUT2D eigenvalue weighted by Gasteiger charge is 2.31. The number of carboxylic acid groups (broad SMARTS) is 1. The summed E-state index contributed by atoms with van der Waals surface area (Å²) in [6.07, 6.45) is 58.9. The molecule has 0 saturated carbocycles. The first-order chi connectivity index (χ1) is 30.1. The van der Waals surface area contributed by atoms with Gasteiger partial charge in [-0.2, -0.15) is 0 Å². The normalized spacial score (nSPS) is 13.8. The van der Waals surface area contributed by atoms with Crippen LogP contribution in [-0.4, -0.2) is 80.6 Å². The van der Waals surface area contributed by atoms with Gasteiger partial charge in [-0.25, -0.2) is 4.79 Å². The molecule has 0 aliphatic heterocycles. The quantitative estimate of drug-likeness (QED) is 0.0214. The summed E-state index contributed by atoms with van der Waals surface area (Å²) in [6, 6.07) is -0.632. The molecule has 0 amide bonds. The van der Waals surface area contributed by atoms with Crippen molar-refractivity contribution in [2.45, 2.75) is 187 Å². The first-order valence-corrected chi connectivity index (χ1v) is 24.3. The third-order valence-electron chi connectivity index (χ3n) is 10.3. The molecule has 352 valence electrons. The summed E-state index contributed by atoms with van der Waals surface area (Å²) in [4.78, 5) is 37.1. The number of nitrogens with zero attached hydrogens (tertiary/aromatic N) is 1. The van der Waals surface area contributed by atoms with Crippen molar-refractivity contribution in [1.29, 1.82) is 0 Å². The molecule has 0 aromatic carbocycles. The molecule has 0 aliphatic rings. The Bertz CT molecular complexity index is 1330. The number of unbranched alkanes of at least 4 members (excludes halogenated alkanes) is 13. The van der Waals surface area contributed by atoms with E-state index in [1.807, 2.05) is 33.3 Å². The monoisotopic (exact) mass is 865 g/mol. The number of carboxylic acids is 1. The lowest BCUT2D eigenvalue weighted by Crippen LogP contribution is -2.50. The van der Waals surface area contributed by atoms with Gasteiger partial charge in [-0.3, -0.25) is 9.59 Å². The van der Waals surface area contributed by atoms with Crippen molar-refractivity contribution in [2.75, 3.05) is 41.0 Å². The lowest BCUT2D eigenvalue weighted by Gasteiger charge is -2.31. The predicted molar refractivity (Wildman–Crippen MR) is 261 cm³/mol. The molecule has 0 heterocycles. The summed E-state index contributed by atoms with van der Waals surface area (Å²) >= 11 is 0. The van der Waals surface area contributed by atoms with Crippen LogP contribution in [0.25, 0.3) is 0 Å². The van der Waals surface area contributed by atoms with Crippen molar-refractivity contribution in [2.24, 2.45) is 0 Å². The molecule has 2 unspecified atom stereocenters. The molecule has 1 N–H and O–H groups in total. The van der Waals surface area contributed by atoms with Gasteiger partial charge in [-0.05, 0) is 77.0 Å². The van der Waals surface area contributed by atoms with E-state index in [-0.39, 0.29) is 42.7 Å². The summed E-state index contributed by atoms with van der Waals surface area (Å²) in [5, 5.41) is 9.64. The zero-order chi connectivity index (χ0) is 45.6. The van der Waals surface area contributed by atoms with Gasteiger partial charge in [0.05, 0.1) is 34.4 Å². The fraction of sp³-hybridized carbons (Fsp3) is 0.648. The SMILES string of the molecule is CC/C=C/C/C=C/C/C=C/C/C=C/C/C=C/C/C=C/CCC(=O)OCC(COCCC(C(=O)O)[N+](C)(C)C)OC(=O)CCCCCCCCCCCC/C=C/C=C/CCCCC. The van der Waals surface area contributed by atoms with E-state index in [0.29, 0.717) is 19.3 Å². The molecule has 8 nitrogen and oxygen atoms in total. The number of carbonyl (C=O) groups is 3. The topological polar surface area (TPSA) is 99.1 Å². The summed E-state index contributed by atoms with van der Waals surface area (Å²) in [5.41, 5.74) is 0. The zero-order valence-corrected chi connectivity index (χ0v) is 40.0. The van der Waals surface area contributed by atoms with Crippen LogP contribution in [-0.2, 0) is 28.6 Å². The molecule has 0 bridgehead atoms. The van der Waals surface area contributed by atoms with E-state index in [1.165, 1.54) is 70.6 Å². The summed E-state index contributed by atoms with van der Waals surface area (Å²) in [6.45, 7) is 4.50. The van der Waals surface area contributed by atoms with Gasteiger partial charge in [0, 0.05) is 19.3 Å². The number of ether oxygens (including phenoxy) is 3. The van der Waals surface area contributed by atoms with Crippen molar-refractivity contribution < 1.29 is 38.2 Å². The van der Waals surface area contributed by atoms with Gasteiger partial charge in [-0.15, -0.1) is 0 Å². The average molecular weight is 865 g/mol. The largest absolute Gasteiger partial charge is 0.477 e. The molecule has 0 radical (unpaired) electrons. The second-order valence-electron chi connectivity index (χ2n) is 17.0. The number of allylic oxidation sites excluding steroid dienone is 16. The van der Waals surface area contributed by atoms with Gasteiger partial charge in [0.2, 0.25) is 0 Å². The highest BCUT2D eigenvalue weighted by atomic mass is 16.6. The minimum Gasteiger partial charge on any atom is -0.477 e. The summed E-state index contributed by atoms with van der Waals surface area (Å²) in [7, 11) is 5.50. The van der Waals surface area contributed by atoms with Gasteiger partial charge in [0.25, 0.3) is 0 Å². The van der Waals surface area contributed by atoms with E-state index in [9.17, 15) is 19.5 Å². The van der Waals surface area contributed by atoms with E-state index < -0.39 is 18.1 Å². The first kappa shape index (κ1) is 58.2. The number of rotatable bonds is 42. The van der Waals surface area contributed by atoms with Crippen LogP contribution in [0.4, 0.5) is 0 Å². The Morgan fingerprint density at radius 2 is 0.984 bits per heavy atom. The Morgan fingerprint density at radius 3 is 1.47 bits per heavy atom. The van der Waals surface area contributed by atoms with E-state index in [2.05, 4.69) is 98.9 Å². The van der Waals surface area contributed by atoms with Gasteiger partial charge in [0.1, 0.15) is 6.61 Å². The van der Waals surface area contributed by atoms with Crippen molar-refractivity contribution in [3.63, 3.8) is 0 Å². The minimum absolute atomic E-state index is 0.0306. The second kappa shape index (κ2) is 43.9. The minimum atomic E-state index is -0.888. The van der Waals surface area contributed by atoms with E-state index in [0.717, 1.165) is 64.2 Å². The van der Waals surface area contributed by atoms with Gasteiger partial charge < -0.3 is 23.8 Å². The Hall–Kier alpha value is -3.75. The van der Waals surface area contributed by atoms with E-state index in [4.69, 9.17) is 14.2 Å². The maximum absolute atomic E-state index is 12.8. The molecule has 62 heavy (non-hydrogen) atoms. The molecule has 2 atom stereocenters. The maximum atomic E-state index is 12.8. The molecule has 8 heteroatoms. The Labute approximate surface area is 379 Å². The highest BCUT2D eigenvalue weighted by molar-refractivity contribution is 5.72. The van der Waals surface area contributed by atoms with Crippen LogP contribution < -0.4 is 0 Å². The second-order valence-corrected chi connectivity index (χ2v) is 17.0. The average Bonchev–Trinajstić information content (AvgIpc) is 3.23. The Kier molecular flexibility index (Phi) is 41.2. The van der Waals surface area contributed by atoms with Crippen molar-refractivity contribution in [3.05, 3.63) is 97.2 Å². The maximum Gasteiger partial charge on any atom is 0.362 e. The number of hydrogen-bond acceptors (Lipinski definition) is 6. The summed E-state index contributed by atoms with van der Waals surface area (Å²) < 4.78 is 17.2. The van der Waals surface area contributed by atoms with Crippen molar-refractivity contribution >= 4 is 17.9 Å². The van der Waals surface area contributed by atoms with Gasteiger partial charge in [-0.1, -0.05) is 175 Å². The number of carbonyl (C=O) groups excluding carboxylic acids is 2. The summed E-state index contributed by atoms with van der Waals surface area (Å²) in [5.74, 6) is -1.59. The highest BCUT2D eigenvalue weighted by Crippen LogP contribution is 2.14. The van der Waals surface area contributed by atoms with Gasteiger partial charge >= 0.3 is 17.9 Å². The standard InChI is InChI=1S/C54H89NO7/c1-6-8-10-12-14-16-18-20-22-24-26-28-30-32-34-36-38-40-42-44-52(56)61-49-50(48-60-47-46-51(54(58)59)55(3,4)5)62-53(57)45-43-41-39-37-35-33-31-29-27-25-23-21-19-17-15-13-11-9-7-2/h8,10,14-17,19-22,26,28,32,34,38,40,50-51H,6-7,9,11-13,18,23-25,27,29-31,33,35-37,39,41-49H2,1-5H3/p+1/b10-8+,16-14+,17-15+,21-19+,22-20+,28-26+,34-32+,40-38+. The number of aliphatic carboxylic acids is 1. The molecular weight excluding hydrogens is 775 g/mol. The van der Waals surface area contributed by atoms with Crippen LogP contribution in [0.3, 0.4) is 0 Å². The molecule has 0 aliphatic carbocycles. The first-order valence-electron chi connectivity index (χ1n) is 24.3. The fourth-order valence-electron chi connectivity index (χ4n) is 6.52. The van der Waals surface area contributed by atoms with E-state index in [1.54, 1.807) is 0 Å². The lowest BCUT2D eigenvalue weighted by atomic mass is 10.1. The lowest BCUT2D eigenvalue weighted by molar-refractivity contribution is -0.887. The van der Waals surface area contributed by atoms with Crippen molar-refractivity contribution in [1.82, 2.24) is 0 Å². The number of likely N-dealkylation sites (N-methyl/N-ethyl adjacent to an activating group) is 1. The number of hydrogen-bond donors (Lipinski definition) is 1. The van der Waals surface area contributed by atoms with Crippen LogP contribution in [0, 0.1) is 0 Å². The third kappa shape index (κ3) is 41.6. The number of esters is 2. The van der Waals surface area contributed by atoms with Crippen LogP contribution in [0.15, 0.2) is 97.2 Å². The molecule has 0 aromatic heterocycles. The van der Waals surface area contributed by atoms with Crippen LogP contribution in [0.5, 0.6) is 0 Å². The molecule has 0 fully saturated rings.